The Morgan fingerprint density at radius 2 is 1.96 bits per heavy atom. The Kier molecular flexibility index (Phi) is 7.35. The lowest BCUT2D eigenvalue weighted by Crippen LogP contribution is -2.42. The molecule has 0 amide bonds. The first-order valence-corrected chi connectivity index (χ1v) is 8.76. The van der Waals surface area contributed by atoms with Crippen molar-refractivity contribution >= 4 is 5.97 Å². The molecule has 0 aliphatic carbocycles. The molecule has 4 atom stereocenters. The Labute approximate surface area is 148 Å². The van der Waals surface area contributed by atoms with Crippen LogP contribution in [0.3, 0.4) is 0 Å². The zero-order valence-electron chi connectivity index (χ0n) is 15.1. The topological polar surface area (TPSA) is 70.8 Å². The number of hydrogen-bond donors (Lipinski definition) is 1. The standard InChI is InChI=1S/C19H28FNO4/c1-12(2)9-24-18-13(3)25-19(22)17(21)11-23-10-15(18)8-14-4-6-16(20)7-5-14/h4-7,12-13,15,17-18H,8-11,21H2,1-3H3. The molecule has 0 aromatic heterocycles. The number of carbonyl (C=O) groups excluding carboxylic acids is 1. The van der Waals surface area contributed by atoms with E-state index in [2.05, 4.69) is 13.8 Å². The Morgan fingerprint density at radius 1 is 1.28 bits per heavy atom. The Balaban J connectivity index is 2.18. The third kappa shape index (κ3) is 6.06. The number of cyclic esters (lactones) is 1. The van der Waals surface area contributed by atoms with Gasteiger partial charge in [-0.2, -0.15) is 0 Å². The van der Waals surface area contributed by atoms with Crippen LogP contribution in [0.2, 0.25) is 0 Å². The predicted molar refractivity (Wildman–Crippen MR) is 92.5 cm³/mol. The summed E-state index contributed by atoms with van der Waals surface area (Å²) in [6.07, 6.45) is -0.119. The van der Waals surface area contributed by atoms with Gasteiger partial charge >= 0.3 is 5.97 Å². The summed E-state index contributed by atoms with van der Waals surface area (Å²) in [6.45, 7) is 7.01. The molecule has 0 radical (unpaired) electrons. The molecule has 140 valence electrons. The molecule has 1 heterocycles. The fourth-order valence-electron chi connectivity index (χ4n) is 2.90. The number of hydrogen-bond acceptors (Lipinski definition) is 5. The Morgan fingerprint density at radius 3 is 2.60 bits per heavy atom. The van der Waals surface area contributed by atoms with E-state index in [1.165, 1.54) is 12.1 Å². The summed E-state index contributed by atoms with van der Waals surface area (Å²) >= 11 is 0. The van der Waals surface area contributed by atoms with Gasteiger partial charge in [0.25, 0.3) is 0 Å². The zero-order valence-corrected chi connectivity index (χ0v) is 15.1. The molecule has 2 rings (SSSR count). The number of carbonyl (C=O) groups is 1. The second-order valence-electron chi connectivity index (χ2n) is 7.07. The van der Waals surface area contributed by atoms with Crippen molar-refractivity contribution in [1.82, 2.24) is 0 Å². The highest BCUT2D eigenvalue weighted by atomic mass is 19.1. The molecule has 0 spiro atoms. The van der Waals surface area contributed by atoms with E-state index >= 15 is 0 Å². The first-order valence-electron chi connectivity index (χ1n) is 8.76. The molecular formula is C19H28FNO4. The van der Waals surface area contributed by atoms with Crippen LogP contribution in [0, 0.1) is 17.7 Å². The fraction of sp³-hybridized carbons (Fsp3) is 0.632. The predicted octanol–water partition coefficient (Wildman–Crippen LogP) is 2.31. The average Bonchev–Trinajstić information content (AvgIpc) is 2.59. The number of ether oxygens (including phenoxy) is 3. The van der Waals surface area contributed by atoms with E-state index in [-0.39, 0.29) is 24.4 Å². The summed E-state index contributed by atoms with van der Waals surface area (Å²) in [7, 11) is 0. The van der Waals surface area contributed by atoms with Gasteiger partial charge < -0.3 is 19.9 Å². The van der Waals surface area contributed by atoms with Crippen LogP contribution in [-0.4, -0.2) is 44.0 Å². The van der Waals surface area contributed by atoms with Crippen molar-refractivity contribution in [2.45, 2.75) is 45.4 Å². The van der Waals surface area contributed by atoms with Gasteiger partial charge in [0.05, 0.1) is 19.3 Å². The molecule has 0 bridgehead atoms. The summed E-state index contributed by atoms with van der Waals surface area (Å²) in [4.78, 5) is 12.0. The molecule has 25 heavy (non-hydrogen) atoms. The number of halogens is 1. The van der Waals surface area contributed by atoms with E-state index in [1.807, 2.05) is 6.92 Å². The molecule has 1 aliphatic heterocycles. The van der Waals surface area contributed by atoms with Crippen molar-refractivity contribution in [3.8, 4) is 0 Å². The molecule has 1 saturated heterocycles. The second-order valence-corrected chi connectivity index (χ2v) is 7.07. The second kappa shape index (κ2) is 9.27. The van der Waals surface area contributed by atoms with Gasteiger partial charge in [0.2, 0.25) is 0 Å². The summed E-state index contributed by atoms with van der Waals surface area (Å²) < 4.78 is 30.4. The normalized spacial score (nSPS) is 28.2. The minimum atomic E-state index is -0.794. The molecule has 1 aliphatic rings. The third-order valence-electron chi connectivity index (χ3n) is 4.19. The third-order valence-corrected chi connectivity index (χ3v) is 4.19. The zero-order chi connectivity index (χ0) is 18.4. The summed E-state index contributed by atoms with van der Waals surface area (Å²) in [5, 5.41) is 0. The highest BCUT2D eigenvalue weighted by Crippen LogP contribution is 2.23. The maximum Gasteiger partial charge on any atom is 0.325 e. The van der Waals surface area contributed by atoms with Crippen molar-refractivity contribution < 1.29 is 23.4 Å². The van der Waals surface area contributed by atoms with E-state index < -0.39 is 18.1 Å². The largest absolute Gasteiger partial charge is 0.459 e. The number of benzene rings is 1. The van der Waals surface area contributed by atoms with Gasteiger partial charge in [0.1, 0.15) is 18.0 Å². The average molecular weight is 353 g/mol. The first kappa shape index (κ1) is 19.8. The SMILES string of the molecule is CC(C)COC1C(Cc2ccc(F)cc2)COCC(N)C(=O)OC1C. The van der Waals surface area contributed by atoms with Gasteiger partial charge in [-0.15, -0.1) is 0 Å². The smallest absolute Gasteiger partial charge is 0.325 e. The van der Waals surface area contributed by atoms with Gasteiger partial charge in [0, 0.05) is 12.5 Å². The molecule has 0 saturated carbocycles. The molecule has 1 fully saturated rings. The number of esters is 1. The van der Waals surface area contributed by atoms with Crippen molar-refractivity contribution in [2.24, 2.45) is 17.6 Å². The van der Waals surface area contributed by atoms with Crippen molar-refractivity contribution in [2.75, 3.05) is 19.8 Å². The molecule has 1 aromatic carbocycles. The fourth-order valence-corrected chi connectivity index (χ4v) is 2.90. The van der Waals surface area contributed by atoms with E-state index in [0.29, 0.717) is 25.6 Å². The van der Waals surface area contributed by atoms with Crippen LogP contribution in [0.5, 0.6) is 0 Å². The quantitative estimate of drug-likeness (QED) is 0.823. The Hall–Kier alpha value is -1.50. The lowest BCUT2D eigenvalue weighted by atomic mass is 9.91. The van der Waals surface area contributed by atoms with Crippen LogP contribution < -0.4 is 5.73 Å². The van der Waals surface area contributed by atoms with E-state index in [9.17, 15) is 9.18 Å². The van der Waals surface area contributed by atoms with Crippen molar-refractivity contribution in [3.05, 3.63) is 35.6 Å². The number of rotatable bonds is 5. The lowest BCUT2D eigenvalue weighted by molar-refractivity contribution is -0.160. The molecule has 4 unspecified atom stereocenters. The van der Waals surface area contributed by atoms with Gasteiger partial charge in [-0.05, 0) is 37.0 Å². The first-order chi connectivity index (χ1) is 11.9. The molecule has 2 N–H and O–H groups in total. The van der Waals surface area contributed by atoms with Crippen LogP contribution in [0.4, 0.5) is 4.39 Å². The maximum absolute atomic E-state index is 13.2. The molecule has 5 nitrogen and oxygen atoms in total. The summed E-state index contributed by atoms with van der Waals surface area (Å²) in [5.41, 5.74) is 6.76. The van der Waals surface area contributed by atoms with Crippen molar-refractivity contribution in [1.29, 1.82) is 0 Å². The van der Waals surface area contributed by atoms with Gasteiger partial charge in [-0.3, -0.25) is 4.79 Å². The van der Waals surface area contributed by atoms with Crippen LogP contribution in [0.15, 0.2) is 24.3 Å². The molecule has 1 aromatic rings. The minimum Gasteiger partial charge on any atom is -0.459 e. The van der Waals surface area contributed by atoms with E-state index in [0.717, 1.165) is 5.56 Å². The van der Waals surface area contributed by atoms with Crippen LogP contribution in [-0.2, 0) is 25.4 Å². The van der Waals surface area contributed by atoms with Gasteiger partial charge in [-0.25, -0.2) is 4.39 Å². The highest BCUT2D eigenvalue weighted by molar-refractivity contribution is 5.75. The van der Waals surface area contributed by atoms with E-state index in [4.69, 9.17) is 19.9 Å². The Bertz CT molecular complexity index is 549. The van der Waals surface area contributed by atoms with Crippen LogP contribution in [0.25, 0.3) is 0 Å². The van der Waals surface area contributed by atoms with E-state index in [1.54, 1.807) is 12.1 Å². The highest BCUT2D eigenvalue weighted by Gasteiger charge is 2.34. The van der Waals surface area contributed by atoms with Gasteiger partial charge in [0.15, 0.2) is 0 Å². The minimum absolute atomic E-state index is 0.0303. The van der Waals surface area contributed by atoms with Gasteiger partial charge in [-0.1, -0.05) is 26.0 Å². The monoisotopic (exact) mass is 353 g/mol. The lowest BCUT2D eigenvalue weighted by Gasteiger charge is -2.31. The van der Waals surface area contributed by atoms with Crippen LogP contribution in [0.1, 0.15) is 26.3 Å². The van der Waals surface area contributed by atoms with Crippen LogP contribution >= 0.6 is 0 Å². The molecular weight excluding hydrogens is 325 g/mol. The summed E-state index contributed by atoms with van der Waals surface area (Å²) in [5.74, 6) is -0.425. The number of nitrogens with two attached hydrogens (primary N) is 1. The maximum atomic E-state index is 13.2. The summed E-state index contributed by atoms with van der Waals surface area (Å²) in [6, 6.07) is 5.59. The van der Waals surface area contributed by atoms with Crippen molar-refractivity contribution in [3.63, 3.8) is 0 Å². The molecule has 6 heteroatoms.